The first kappa shape index (κ1) is 33.1. The Hall–Kier alpha value is -6.31. The van der Waals surface area contributed by atoms with E-state index in [9.17, 15) is 34.2 Å². The molecule has 0 saturated heterocycles. The van der Waals surface area contributed by atoms with Gasteiger partial charge in [-0.1, -0.05) is 42.5 Å². The number of aliphatic carboxylic acids is 1. The van der Waals surface area contributed by atoms with Crippen LogP contribution >= 0.6 is 0 Å². The van der Waals surface area contributed by atoms with E-state index in [1.807, 2.05) is 6.07 Å². The van der Waals surface area contributed by atoms with E-state index in [4.69, 9.17) is 4.74 Å². The molecule has 1 aliphatic heterocycles. The van der Waals surface area contributed by atoms with Crippen LogP contribution < -0.4 is 26.0 Å². The van der Waals surface area contributed by atoms with E-state index in [1.54, 1.807) is 36.4 Å². The Bertz CT molecular complexity index is 1790. The lowest BCUT2D eigenvalue weighted by molar-refractivity contribution is -0.141. The summed E-state index contributed by atoms with van der Waals surface area (Å²) >= 11 is 0. The number of phenolic OH excluding ortho intramolecular Hbond substituents is 1. The molecule has 14 heteroatoms. The monoisotopic (exact) mass is 652 g/mol. The normalized spacial score (nSPS) is 18.5. The number of nitrogens with zero attached hydrogens (tertiary/aromatic N) is 2. The first-order chi connectivity index (χ1) is 23.1. The van der Waals surface area contributed by atoms with Crippen LogP contribution in [0.25, 0.3) is 0 Å². The van der Waals surface area contributed by atoms with Crippen molar-refractivity contribution in [3.63, 3.8) is 0 Å². The number of carboxylic acid groups (broad SMARTS) is 1. The zero-order valence-corrected chi connectivity index (χ0v) is 25.5. The molecule has 0 bridgehead atoms. The number of fused-ring (bicyclic) bond motifs is 1. The van der Waals surface area contributed by atoms with E-state index in [0.29, 0.717) is 0 Å². The molecule has 1 aliphatic rings. The van der Waals surface area contributed by atoms with E-state index >= 15 is 0 Å². The van der Waals surface area contributed by atoms with Gasteiger partial charge < -0.3 is 36.2 Å². The summed E-state index contributed by atoms with van der Waals surface area (Å²) in [4.78, 5) is 73.1. The van der Waals surface area contributed by atoms with E-state index in [2.05, 4.69) is 31.2 Å². The number of amides is 4. The van der Waals surface area contributed by atoms with Gasteiger partial charge in [-0.15, -0.1) is 0 Å². The molecule has 14 nitrogen and oxygen atoms in total. The van der Waals surface area contributed by atoms with Gasteiger partial charge in [0.05, 0.1) is 24.2 Å². The highest BCUT2D eigenvalue weighted by atomic mass is 16.5. The highest BCUT2D eigenvalue weighted by Crippen LogP contribution is 2.25. The molecule has 48 heavy (non-hydrogen) atoms. The number of phenols is 1. The third kappa shape index (κ3) is 8.90. The van der Waals surface area contributed by atoms with Crippen molar-refractivity contribution in [3.8, 4) is 11.5 Å². The Kier molecular flexibility index (Phi) is 10.6. The number of carbonyl (C=O) groups excluding carboxylic acids is 4. The molecule has 246 valence electrons. The fourth-order valence-corrected chi connectivity index (χ4v) is 5.02. The number of ether oxygens (including phenoxy) is 1. The number of hydrogen-bond acceptors (Lipinski definition) is 9. The minimum atomic E-state index is -1.66. The minimum Gasteiger partial charge on any atom is -0.508 e. The lowest BCUT2D eigenvalue weighted by Crippen LogP contribution is -2.54. The predicted molar refractivity (Wildman–Crippen MR) is 171 cm³/mol. The molecule has 1 aromatic heterocycles. The van der Waals surface area contributed by atoms with Gasteiger partial charge >= 0.3 is 5.97 Å². The molecule has 3 atom stereocenters. The molecular weight excluding hydrogens is 620 g/mol. The summed E-state index contributed by atoms with van der Waals surface area (Å²) in [5, 5.41) is 30.2. The van der Waals surface area contributed by atoms with E-state index in [0.717, 1.165) is 11.1 Å². The Morgan fingerprint density at radius 1 is 0.896 bits per heavy atom. The van der Waals surface area contributed by atoms with Crippen LogP contribution in [0.4, 0.5) is 5.69 Å². The number of aromatic nitrogens is 2. The molecule has 0 fully saturated rings. The maximum absolute atomic E-state index is 13.7. The molecule has 5 rings (SSSR count). The van der Waals surface area contributed by atoms with Gasteiger partial charge in [0.2, 0.25) is 11.8 Å². The summed E-state index contributed by atoms with van der Waals surface area (Å²) in [5.41, 5.74) is 1.58. The third-order valence-corrected chi connectivity index (χ3v) is 7.41. The van der Waals surface area contributed by atoms with Crippen molar-refractivity contribution in [1.29, 1.82) is 0 Å². The summed E-state index contributed by atoms with van der Waals surface area (Å²) in [5.74, 6) is -4.16. The van der Waals surface area contributed by atoms with Crippen LogP contribution in [-0.2, 0) is 27.2 Å². The Morgan fingerprint density at radius 2 is 1.65 bits per heavy atom. The largest absolute Gasteiger partial charge is 0.508 e. The molecule has 0 spiro atoms. The Morgan fingerprint density at radius 3 is 2.35 bits per heavy atom. The first-order valence-electron chi connectivity index (χ1n) is 14.9. The van der Waals surface area contributed by atoms with Crippen LogP contribution in [0, 0.1) is 0 Å². The molecule has 2 heterocycles. The van der Waals surface area contributed by atoms with E-state index < -0.39 is 54.1 Å². The average Bonchev–Trinajstić information content (AvgIpc) is 3.08. The van der Waals surface area contributed by atoms with Gasteiger partial charge in [-0.25, -0.2) is 9.78 Å². The van der Waals surface area contributed by atoms with E-state index in [1.165, 1.54) is 48.9 Å². The zero-order chi connectivity index (χ0) is 34.0. The second-order valence-corrected chi connectivity index (χ2v) is 11.0. The number of anilines is 1. The van der Waals surface area contributed by atoms with Crippen LogP contribution in [0.1, 0.15) is 38.4 Å². The maximum Gasteiger partial charge on any atom is 0.326 e. The van der Waals surface area contributed by atoms with Crippen LogP contribution in [0.15, 0.2) is 91.4 Å². The number of carboxylic acids is 1. The molecule has 0 radical (unpaired) electrons. The van der Waals surface area contributed by atoms with Crippen molar-refractivity contribution in [3.05, 3.63) is 114 Å². The van der Waals surface area contributed by atoms with Crippen molar-refractivity contribution in [1.82, 2.24) is 25.9 Å². The standard InChI is InChI=1S/C34H32N6O8/c41-24-9-6-21(7-10-24)14-23-19-48-29-11-8-22(37-33(45)28-18-35-12-13-36-28)16-25(29)31(43)40-27(34(46)47)17-30(42)39-26(32(44)38-23)15-20-4-2-1-3-5-20/h1-13,16,18,23,26-27,41H,14-15,17,19H2,(H,37,45)(H,38,44)(H,39,42)(H,40,43)(H,46,47)/t23?,26-,27-/m0/s1. The summed E-state index contributed by atoms with van der Waals surface area (Å²) in [6.07, 6.45) is 3.72. The minimum absolute atomic E-state index is 0.0219. The highest BCUT2D eigenvalue weighted by molar-refractivity contribution is 6.05. The number of hydrogen-bond donors (Lipinski definition) is 6. The summed E-state index contributed by atoms with van der Waals surface area (Å²) in [6, 6.07) is 16.2. The quantitative estimate of drug-likeness (QED) is 0.171. The van der Waals surface area contributed by atoms with Crippen molar-refractivity contribution in [2.24, 2.45) is 0 Å². The fourth-order valence-electron chi connectivity index (χ4n) is 5.02. The van der Waals surface area contributed by atoms with Gasteiger partial charge in [0.15, 0.2) is 0 Å². The molecular formula is C34H32N6O8. The van der Waals surface area contributed by atoms with Gasteiger partial charge in [0.25, 0.3) is 11.8 Å². The number of rotatable bonds is 7. The van der Waals surface area contributed by atoms with Crippen molar-refractivity contribution >= 4 is 35.3 Å². The second-order valence-electron chi connectivity index (χ2n) is 11.0. The molecule has 3 aromatic carbocycles. The molecule has 1 unspecified atom stereocenters. The fraction of sp³-hybridized carbons (Fsp3) is 0.206. The first-order valence-corrected chi connectivity index (χ1v) is 14.9. The lowest BCUT2D eigenvalue weighted by atomic mass is 10.0. The van der Waals surface area contributed by atoms with Crippen LogP contribution in [0.2, 0.25) is 0 Å². The maximum atomic E-state index is 13.7. The van der Waals surface area contributed by atoms with Gasteiger partial charge in [0.1, 0.15) is 35.9 Å². The third-order valence-electron chi connectivity index (χ3n) is 7.41. The summed E-state index contributed by atoms with van der Waals surface area (Å²) < 4.78 is 6.08. The lowest BCUT2D eigenvalue weighted by Gasteiger charge is -2.26. The Balaban J connectivity index is 1.48. The van der Waals surface area contributed by atoms with Gasteiger partial charge in [-0.3, -0.25) is 24.2 Å². The summed E-state index contributed by atoms with van der Waals surface area (Å²) in [7, 11) is 0. The topological polar surface area (TPSA) is 209 Å². The molecule has 4 amide bonds. The van der Waals surface area contributed by atoms with Crippen molar-refractivity contribution in [2.75, 3.05) is 11.9 Å². The molecule has 0 saturated carbocycles. The number of carbonyl (C=O) groups is 5. The van der Waals surface area contributed by atoms with E-state index in [-0.39, 0.29) is 47.9 Å². The SMILES string of the molecule is O=C1C[C@@H](C(=O)O)NC(=O)c2cc(NC(=O)c3cnccn3)ccc2OCC(Cc2ccc(O)cc2)NC(=O)[C@H](Cc2ccccc2)N1. The smallest absolute Gasteiger partial charge is 0.326 e. The number of aromatic hydroxyl groups is 1. The zero-order valence-electron chi connectivity index (χ0n) is 25.5. The van der Waals surface area contributed by atoms with Crippen molar-refractivity contribution < 1.29 is 38.9 Å². The average molecular weight is 653 g/mol. The Labute approximate surface area is 274 Å². The predicted octanol–water partition coefficient (Wildman–Crippen LogP) is 1.85. The van der Waals surface area contributed by atoms with Gasteiger partial charge in [0, 0.05) is 24.5 Å². The van der Waals surface area contributed by atoms with Crippen LogP contribution in [-0.4, -0.2) is 74.5 Å². The van der Waals surface area contributed by atoms with Gasteiger partial charge in [-0.2, -0.15) is 0 Å². The molecule has 4 aromatic rings. The van der Waals surface area contributed by atoms with Crippen molar-refractivity contribution in [2.45, 2.75) is 37.4 Å². The van der Waals surface area contributed by atoms with Gasteiger partial charge in [-0.05, 0) is 47.9 Å². The van der Waals surface area contributed by atoms with Crippen LogP contribution in [0.5, 0.6) is 11.5 Å². The highest BCUT2D eigenvalue weighted by Gasteiger charge is 2.30. The molecule has 0 aliphatic carbocycles. The summed E-state index contributed by atoms with van der Waals surface area (Å²) in [6.45, 7) is -0.146. The number of nitrogens with one attached hydrogen (secondary N) is 4. The molecule has 6 N–H and O–H groups in total. The van der Waals surface area contributed by atoms with Crippen LogP contribution in [0.3, 0.4) is 0 Å². The second kappa shape index (κ2) is 15.3. The number of benzene rings is 3.